The number of rotatable bonds is 5. The van der Waals surface area contributed by atoms with Gasteiger partial charge in [-0.2, -0.15) is 5.10 Å². The summed E-state index contributed by atoms with van der Waals surface area (Å²) < 4.78 is 4.84. The van der Waals surface area contributed by atoms with Crippen LogP contribution in [0.2, 0.25) is 0 Å². The summed E-state index contributed by atoms with van der Waals surface area (Å²) in [6.07, 6.45) is 7.45. The minimum absolute atomic E-state index is 0.0118. The summed E-state index contributed by atoms with van der Waals surface area (Å²) in [6.45, 7) is 3.41. The molecule has 0 amide bonds. The molecule has 28 heavy (non-hydrogen) atoms. The molecule has 0 spiro atoms. The summed E-state index contributed by atoms with van der Waals surface area (Å²) in [4.78, 5) is 26.1. The fraction of sp³-hybridized carbons (Fsp3) is 0.400. The van der Waals surface area contributed by atoms with Crippen LogP contribution in [0, 0.1) is 5.92 Å². The lowest BCUT2D eigenvalue weighted by Gasteiger charge is -2.32. The smallest absolute Gasteiger partial charge is 0.266 e. The van der Waals surface area contributed by atoms with E-state index in [2.05, 4.69) is 15.1 Å². The van der Waals surface area contributed by atoms with Gasteiger partial charge in [0.2, 0.25) is 5.56 Å². The standard InChI is InChI=1S/C20H24N6O2/c1-23-13-17(3-5-19(23)27)14-24-11-7-16(8-12-24)15-26-20(28)6-4-18(22-26)25-10-2-9-21-25/h2-6,9-10,13,16H,7-8,11-12,14-15H2,1H3. The molecule has 0 unspecified atom stereocenters. The zero-order valence-electron chi connectivity index (χ0n) is 15.9. The summed E-state index contributed by atoms with van der Waals surface area (Å²) in [5.74, 6) is 1.08. The number of pyridine rings is 1. The van der Waals surface area contributed by atoms with E-state index in [1.165, 1.54) is 0 Å². The minimum Gasteiger partial charge on any atom is -0.318 e. The fourth-order valence-corrected chi connectivity index (χ4v) is 3.67. The van der Waals surface area contributed by atoms with Gasteiger partial charge in [-0.25, -0.2) is 9.36 Å². The van der Waals surface area contributed by atoms with E-state index in [4.69, 9.17) is 0 Å². The first kappa shape index (κ1) is 18.4. The van der Waals surface area contributed by atoms with Crippen molar-refractivity contribution in [3.8, 4) is 5.82 Å². The van der Waals surface area contributed by atoms with Gasteiger partial charge < -0.3 is 4.57 Å². The second-order valence-corrected chi connectivity index (χ2v) is 7.37. The molecule has 1 aliphatic rings. The van der Waals surface area contributed by atoms with Crippen molar-refractivity contribution in [3.05, 3.63) is 75.2 Å². The van der Waals surface area contributed by atoms with E-state index in [-0.39, 0.29) is 11.1 Å². The Bertz CT molecular complexity index is 1050. The van der Waals surface area contributed by atoms with E-state index in [9.17, 15) is 9.59 Å². The summed E-state index contributed by atoms with van der Waals surface area (Å²) in [6, 6.07) is 8.60. The zero-order chi connectivity index (χ0) is 19.5. The normalized spacial score (nSPS) is 15.8. The zero-order valence-corrected chi connectivity index (χ0v) is 15.9. The van der Waals surface area contributed by atoms with E-state index in [1.807, 2.05) is 24.5 Å². The second-order valence-electron chi connectivity index (χ2n) is 7.37. The first-order chi connectivity index (χ1) is 13.6. The third kappa shape index (κ3) is 4.12. The maximum Gasteiger partial charge on any atom is 0.266 e. The monoisotopic (exact) mass is 380 g/mol. The third-order valence-corrected chi connectivity index (χ3v) is 5.28. The van der Waals surface area contributed by atoms with Gasteiger partial charge in [0.25, 0.3) is 5.56 Å². The molecular weight excluding hydrogens is 356 g/mol. The molecule has 1 fully saturated rings. The SMILES string of the molecule is Cn1cc(CN2CCC(Cn3nc(-n4cccn4)ccc3=O)CC2)ccc1=O. The van der Waals surface area contributed by atoms with Gasteiger partial charge in [-0.15, -0.1) is 5.10 Å². The van der Waals surface area contributed by atoms with Gasteiger partial charge in [0.05, 0.1) is 0 Å². The van der Waals surface area contributed by atoms with Crippen LogP contribution in [0.3, 0.4) is 0 Å². The van der Waals surface area contributed by atoms with Crippen LogP contribution in [-0.2, 0) is 20.1 Å². The van der Waals surface area contributed by atoms with E-state index >= 15 is 0 Å². The summed E-state index contributed by atoms with van der Waals surface area (Å²) in [5.41, 5.74) is 1.08. The Balaban J connectivity index is 1.37. The van der Waals surface area contributed by atoms with Gasteiger partial charge in [-0.3, -0.25) is 14.5 Å². The molecule has 8 nitrogen and oxygen atoms in total. The maximum absolute atomic E-state index is 12.2. The molecule has 3 aromatic heterocycles. The Labute approximate surface area is 162 Å². The maximum atomic E-state index is 12.2. The van der Waals surface area contributed by atoms with Crippen molar-refractivity contribution >= 4 is 0 Å². The molecule has 0 saturated carbocycles. The van der Waals surface area contributed by atoms with E-state index < -0.39 is 0 Å². The number of likely N-dealkylation sites (tertiary alicyclic amines) is 1. The minimum atomic E-state index is -0.0801. The molecule has 0 atom stereocenters. The average Bonchev–Trinajstić information content (AvgIpc) is 3.23. The Morgan fingerprint density at radius 3 is 2.57 bits per heavy atom. The van der Waals surface area contributed by atoms with Gasteiger partial charge in [-0.1, -0.05) is 6.07 Å². The molecule has 0 aliphatic carbocycles. The number of hydrogen-bond donors (Lipinski definition) is 0. The van der Waals surface area contributed by atoms with Gasteiger partial charge in [0.1, 0.15) is 0 Å². The van der Waals surface area contributed by atoms with Gasteiger partial charge in [0, 0.05) is 50.9 Å². The van der Waals surface area contributed by atoms with Crippen LogP contribution in [0.25, 0.3) is 5.82 Å². The molecule has 0 radical (unpaired) electrons. The van der Waals surface area contributed by atoms with Gasteiger partial charge in [0.15, 0.2) is 5.82 Å². The predicted octanol–water partition coefficient (Wildman–Crippen LogP) is 1.04. The topological polar surface area (TPSA) is 78.0 Å². The van der Waals surface area contributed by atoms with Gasteiger partial charge >= 0.3 is 0 Å². The first-order valence-electron chi connectivity index (χ1n) is 9.54. The largest absolute Gasteiger partial charge is 0.318 e. The Hall–Kier alpha value is -3.00. The highest BCUT2D eigenvalue weighted by molar-refractivity contribution is 5.17. The van der Waals surface area contributed by atoms with E-state index in [1.54, 1.807) is 45.4 Å². The highest BCUT2D eigenvalue weighted by Crippen LogP contribution is 2.20. The summed E-state index contributed by atoms with van der Waals surface area (Å²) in [7, 11) is 1.78. The van der Waals surface area contributed by atoms with E-state index in [0.717, 1.165) is 38.0 Å². The second kappa shape index (κ2) is 7.93. The van der Waals surface area contributed by atoms with Crippen LogP contribution >= 0.6 is 0 Å². The lowest BCUT2D eigenvalue weighted by Crippen LogP contribution is -2.36. The summed E-state index contributed by atoms with van der Waals surface area (Å²) >= 11 is 0. The number of nitrogens with zero attached hydrogens (tertiary/aromatic N) is 6. The van der Waals surface area contributed by atoms with Crippen LogP contribution in [0.5, 0.6) is 0 Å². The van der Waals surface area contributed by atoms with Crippen molar-refractivity contribution in [2.24, 2.45) is 13.0 Å². The molecule has 1 aliphatic heterocycles. The Morgan fingerprint density at radius 2 is 1.86 bits per heavy atom. The summed E-state index contributed by atoms with van der Waals surface area (Å²) in [5, 5.41) is 8.65. The molecule has 8 heteroatoms. The Kier molecular flexibility index (Phi) is 5.21. The highest BCUT2D eigenvalue weighted by atomic mass is 16.1. The average molecular weight is 380 g/mol. The molecule has 1 saturated heterocycles. The van der Waals surface area contributed by atoms with Crippen LogP contribution in [0.4, 0.5) is 0 Å². The number of aryl methyl sites for hydroxylation is 1. The van der Waals surface area contributed by atoms with Crippen molar-refractivity contribution in [3.63, 3.8) is 0 Å². The number of aromatic nitrogens is 5. The quantitative estimate of drug-likeness (QED) is 0.661. The predicted molar refractivity (Wildman–Crippen MR) is 105 cm³/mol. The lowest BCUT2D eigenvalue weighted by atomic mass is 9.96. The van der Waals surface area contributed by atoms with Crippen LogP contribution in [0.1, 0.15) is 18.4 Å². The molecule has 0 aromatic carbocycles. The van der Waals surface area contributed by atoms with Crippen molar-refractivity contribution in [1.82, 2.24) is 29.0 Å². The van der Waals surface area contributed by atoms with Gasteiger partial charge in [-0.05, 0) is 49.5 Å². The van der Waals surface area contributed by atoms with Crippen molar-refractivity contribution in [2.45, 2.75) is 25.9 Å². The third-order valence-electron chi connectivity index (χ3n) is 5.28. The molecule has 4 rings (SSSR count). The van der Waals surface area contributed by atoms with Crippen LogP contribution in [0.15, 0.2) is 58.5 Å². The number of piperidine rings is 1. The molecule has 3 aromatic rings. The molecule has 146 valence electrons. The molecule has 0 N–H and O–H groups in total. The lowest BCUT2D eigenvalue weighted by molar-refractivity contribution is 0.163. The molecule has 0 bridgehead atoms. The highest BCUT2D eigenvalue weighted by Gasteiger charge is 2.20. The Morgan fingerprint density at radius 1 is 1.07 bits per heavy atom. The van der Waals surface area contributed by atoms with Crippen molar-refractivity contribution in [1.29, 1.82) is 0 Å². The van der Waals surface area contributed by atoms with Crippen molar-refractivity contribution < 1.29 is 0 Å². The fourth-order valence-electron chi connectivity index (χ4n) is 3.67. The van der Waals surface area contributed by atoms with Crippen molar-refractivity contribution in [2.75, 3.05) is 13.1 Å². The molecular formula is C20H24N6O2. The van der Waals surface area contributed by atoms with Crippen LogP contribution in [-0.4, -0.2) is 42.1 Å². The number of hydrogen-bond acceptors (Lipinski definition) is 5. The first-order valence-corrected chi connectivity index (χ1v) is 9.54. The van der Waals surface area contributed by atoms with E-state index in [0.29, 0.717) is 18.3 Å². The van der Waals surface area contributed by atoms with Crippen LogP contribution < -0.4 is 11.1 Å². The molecule has 4 heterocycles.